The third-order valence-corrected chi connectivity index (χ3v) is 6.54. The molecular formula is C30H37N3O5. The van der Waals surface area contributed by atoms with E-state index in [0.717, 1.165) is 17.5 Å². The lowest BCUT2D eigenvalue weighted by molar-refractivity contribution is -0.146. The molecule has 1 saturated carbocycles. The molecule has 8 heteroatoms. The predicted octanol–water partition coefficient (Wildman–Crippen LogP) is 4.23. The lowest BCUT2D eigenvalue weighted by Crippen LogP contribution is -2.58. The van der Waals surface area contributed by atoms with E-state index in [9.17, 15) is 19.5 Å². The van der Waals surface area contributed by atoms with Gasteiger partial charge in [-0.1, -0.05) is 36.3 Å². The summed E-state index contributed by atoms with van der Waals surface area (Å²) in [7, 11) is 0. The van der Waals surface area contributed by atoms with Crippen molar-refractivity contribution in [2.45, 2.75) is 77.6 Å². The number of ether oxygens (including phenoxy) is 1. The van der Waals surface area contributed by atoms with Crippen LogP contribution in [0.15, 0.2) is 42.5 Å². The van der Waals surface area contributed by atoms with Gasteiger partial charge in [0.25, 0.3) is 5.91 Å². The maximum atomic E-state index is 14.0. The number of nitrogens with zero attached hydrogens (tertiary/aromatic N) is 1. The van der Waals surface area contributed by atoms with Crippen molar-refractivity contribution in [2.24, 2.45) is 0 Å². The van der Waals surface area contributed by atoms with Gasteiger partial charge >= 0.3 is 6.09 Å². The molecule has 3 N–H and O–H groups in total. The summed E-state index contributed by atoms with van der Waals surface area (Å²) in [6.07, 6.45) is 7.01. The lowest BCUT2D eigenvalue weighted by atomic mass is 9.88. The number of carbonyl (C=O) groups excluding carboxylic acids is 3. The Labute approximate surface area is 224 Å². The van der Waals surface area contributed by atoms with Crippen molar-refractivity contribution >= 4 is 23.6 Å². The van der Waals surface area contributed by atoms with Crippen LogP contribution in [0.2, 0.25) is 0 Å². The molecule has 1 fully saturated rings. The average molecular weight is 520 g/mol. The first-order valence-electron chi connectivity index (χ1n) is 12.8. The normalized spacial score (nSPS) is 14.9. The minimum atomic E-state index is -1.29. The van der Waals surface area contributed by atoms with E-state index in [1.54, 1.807) is 45.0 Å². The van der Waals surface area contributed by atoms with Gasteiger partial charge in [0.2, 0.25) is 5.91 Å². The number of amides is 3. The Bertz CT molecular complexity index is 1190. The highest BCUT2D eigenvalue weighted by Gasteiger charge is 2.42. The largest absolute Gasteiger partial charge is 0.444 e. The number of aryl methyl sites for hydroxylation is 2. The Balaban J connectivity index is 2.02. The van der Waals surface area contributed by atoms with Crippen LogP contribution < -0.4 is 10.6 Å². The molecule has 1 aliphatic carbocycles. The van der Waals surface area contributed by atoms with Crippen LogP contribution >= 0.6 is 0 Å². The zero-order valence-electron chi connectivity index (χ0n) is 22.7. The molecule has 8 nitrogen and oxygen atoms in total. The van der Waals surface area contributed by atoms with E-state index in [1.807, 2.05) is 32.0 Å². The van der Waals surface area contributed by atoms with Gasteiger partial charge in [-0.25, -0.2) is 4.79 Å². The Morgan fingerprint density at radius 2 is 1.71 bits per heavy atom. The van der Waals surface area contributed by atoms with E-state index in [0.29, 0.717) is 29.7 Å². The fourth-order valence-corrected chi connectivity index (χ4v) is 4.40. The quantitative estimate of drug-likeness (QED) is 0.453. The van der Waals surface area contributed by atoms with Crippen LogP contribution in [0.3, 0.4) is 0 Å². The molecule has 0 radical (unpaired) electrons. The number of para-hydroxylation sites is 1. The van der Waals surface area contributed by atoms with Gasteiger partial charge in [-0.2, -0.15) is 0 Å². The predicted molar refractivity (Wildman–Crippen MR) is 146 cm³/mol. The summed E-state index contributed by atoms with van der Waals surface area (Å²) in [5.74, 6) is 1.60. The summed E-state index contributed by atoms with van der Waals surface area (Å²) in [6.45, 7) is 8.27. The van der Waals surface area contributed by atoms with E-state index in [1.165, 1.54) is 4.90 Å². The van der Waals surface area contributed by atoms with Crippen LogP contribution in [0.5, 0.6) is 0 Å². The van der Waals surface area contributed by atoms with Gasteiger partial charge in [0, 0.05) is 17.3 Å². The maximum absolute atomic E-state index is 14.0. The highest BCUT2D eigenvalue weighted by Crippen LogP contribution is 2.35. The molecule has 0 aromatic heterocycles. The van der Waals surface area contributed by atoms with Gasteiger partial charge in [0.15, 0.2) is 0 Å². The van der Waals surface area contributed by atoms with Crippen molar-refractivity contribution in [3.8, 4) is 12.3 Å². The van der Waals surface area contributed by atoms with Crippen LogP contribution in [0.4, 0.5) is 10.5 Å². The second kappa shape index (κ2) is 12.1. The third kappa shape index (κ3) is 6.93. The zero-order chi connectivity index (χ0) is 28.0. The molecule has 38 heavy (non-hydrogen) atoms. The molecule has 2 aromatic rings. The maximum Gasteiger partial charge on any atom is 0.408 e. The Kier molecular flexibility index (Phi) is 9.18. The molecule has 3 rings (SSSR count). The second-order valence-electron chi connectivity index (χ2n) is 10.6. The van der Waals surface area contributed by atoms with E-state index in [4.69, 9.17) is 11.2 Å². The zero-order valence-corrected chi connectivity index (χ0v) is 22.7. The number of rotatable bonds is 8. The number of aliphatic hydroxyl groups is 1. The number of benzene rings is 2. The van der Waals surface area contributed by atoms with Gasteiger partial charge in [0.1, 0.15) is 17.7 Å². The van der Waals surface area contributed by atoms with E-state index in [-0.39, 0.29) is 6.04 Å². The Morgan fingerprint density at radius 3 is 2.18 bits per heavy atom. The summed E-state index contributed by atoms with van der Waals surface area (Å²) >= 11 is 0. The van der Waals surface area contributed by atoms with Crippen molar-refractivity contribution in [1.82, 2.24) is 10.2 Å². The second-order valence-corrected chi connectivity index (χ2v) is 10.6. The van der Waals surface area contributed by atoms with Crippen LogP contribution in [-0.4, -0.2) is 52.2 Å². The van der Waals surface area contributed by atoms with E-state index in [2.05, 4.69) is 16.6 Å². The van der Waals surface area contributed by atoms with Gasteiger partial charge in [-0.3, -0.25) is 9.59 Å². The molecule has 0 saturated heterocycles. The number of anilines is 1. The fraction of sp³-hybridized carbons (Fsp3) is 0.433. The number of carbonyl (C=O) groups is 3. The molecule has 0 heterocycles. The highest BCUT2D eigenvalue weighted by molar-refractivity contribution is 6.00. The molecule has 3 amide bonds. The number of nitrogens with one attached hydrogen (secondary N) is 2. The number of hydrogen-bond donors (Lipinski definition) is 3. The van der Waals surface area contributed by atoms with Gasteiger partial charge < -0.3 is 25.4 Å². The molecule has 2 unspecified atom stereocenters. The first-order valence-corrected chi connectivity index (χ1v) is 12.8. The molecule has 2 atom stereocenters. The third-order valence-electron chi connectivity index (χ3n) is 6.54. The highest BCUT2D eigenvalue weighted by atomic mass is 16.6. The first kappa shape index (κ1) is 28.7. The summed E-state index contributed by atoms with van der Waals surface area (Å²) < 4.78 is 5.29. The molecule has 0 spiro atoms. The van der Waals surface area contributed by atoms with Crippen molar-refractivity contribution in [3.05, 3.63) is 64.7 Å². The average Bonchev–Trinajstić information content (AvgIpc) is 2.82. The number of aliphatic hydroxyl groups excluding tert-OH is 1. The summed E-state index contributed by atoms with van der Waals surface area (Å²) in [5, 5.41) is 15.6. The van der Waals surface area contributed by atoms with Gasteiger partial charge in [-0.15, -0.1) is 6.42 Å². The molecule has 202 valence electrons. The summed E-state index contributed by atoms with van der Waals surface area (Å²) in [6, 6.07) is 10.1. The monoisotopic (exact) mass is 519 g/mol. The SMILES string of the molecule is C#Cc1ccc(C(C(=O)Nc2c(C)cccc2C)N(C(=O)C(CO)NC(=O)OC(C)(C)C)C2CCC2)cc1. The Morgan fingerprint density at radius 1 is 1.11 bits per heavy atom. The number of hydrogen-bond acceptors (Lipinski definition) is 5. The van der Waals surface area contributed by atoms with Crippen LogP contribution in [0.1, 0.15) is 68.3 Å². The summed E-state index contributed by atoms with van der Waals surface area (Å²) in [4.78, 5) is 41.8. The molecule has 0 aliphatic heterocycles. The minimum Gasteiger partial charge on any atom is -0.444 e. The molecule has 1 aliphatic rings. The van der Waals surface area contributed by atoms with Gasteiger partial charge in [-0.05, 0) is 82.7 Å². The van der Waals surface area contributed by atoms with Crippen LogP contribution in [0, 0.1) is 26.2 Å². The smallest absolute Gasteiger partial charge is 0.408 e. The van der Waals surface area contributed by atoms with Crippen molar-refractivity contribution in [2.75, 3.05) is 11.9 Å². The number of terminal acetylenes is 1. The summed E-state index contributed by atoms with van der Waals surface area (Å²) in [5.41, 5.74) is 2.88. The van der Waals surface area contributed by atoms with Crippen molar-refractivity contribution in [3.63, 3.8) is 0 Å². The van der Waals surface area contributed by atoms with Crippen LogP contribution in [-0.2, 0) is 14.3 Å². The van der Waals surface area contributed by atoms with E-state index < -0.39 is 42.2 Å². The molecule has 2 aromatic carbocycles. The van der Waals surface area contributed by atoms with Gasteiger partial charge in [0.05, 0.1) is 6.61 Å². The van der Waals surface area contributed by atoms with Crippen molar-refractivity contribution < 1.29 is 24.2 Å². The molecular weight excluding hydrogens is 482 g/mol. The first-order chi connectivity index (χ1) is 17.9. The topological polar surface area (TPSA) is 108 Å². The van der Waals surface area contributed by atoms with E-state index >= 15 is 0 Å². The van der Waals surface area contributed by atoms with Crippen molar-refractivity contribution in [1.29, 1.82) is 0 Å². The minimum absolute atomic E-state index is 0.238. The van der Waals surface area contributed by atoms with Crippen LogP contribution in [0.25, 0.3) is 0 Å². The Hall–Kier alpha value is -3.83. The lowest BCUT2D eigenvalue weighted by Gasteiger charge is -2.43. The fourth-order valence-electron chi connectivity index (χ4n) is 4.40. The standard InChI is InChI=1S/C30H37N3O5/c1-7-21-14-16-22(17-15-21)26(27(35)32-25-19(2)10-8-11-20(25)3)33(23-12-9-13-23)28(36)24(18-34)31-29(37)38-30(4,5)6/h1,8,10-11,14-17,23-24,26,34H,9,12-13,18H2,2-6H3,(H,31,37)(H,32,35). The number of alkyl carbamates (subject to hydrolysis) is 1. The molecule has 0 bridgehead atoms.